The van der Waals surface area contributed by atoms with Crippen molar-refractivity contribution >= 4 is 52.8 Å². The molecule has 2 atom stereocenters. The van der Waals surface area contributed by atoms with Crippen molar-refractivity contribution in [3.63, 3.8) is 0 Å². The molecule has 0 aromatic rings. The van der Waals surface area contributed by atoms with E-state index in [-0.39, 0.29) is 6.61 Å². The number of nitrogens with one attached hydrogen (secondary N) is 2. The Balaban J connectivity index is 2.56. The van der Waals surface area contributed by atoms with Gasteiger partial charge in [-0.25, -0.2) is 10.2 Å². The first-order valence-electron chi connectivity index (χ1n) is 8.09. The fraction of sp³-hybridized carbons (Fsp3) is 0.800. The SMILES string of the molecule is CC(NC(=O)OC(C)(C)C)C(=O)N1CCC[C@@H](C(=O)OCC(Cl)(Cl)Cl)N1. The van der Waals surface area contributed by atoms with Crippen molar-refractivity contribution in [3.05, 3.63) is 0 Å². The van der Waals surface area contributed by atoms with Gasteiger partial charge in [0.15, 0.2) is 0 Å². The van der Waals surface area contributed by atoms with E-state index < -0.39 is 39.4 Å². The summed E-state index contributed by atoms with van der Waals surface area (Å²) in [6.07, 6.45) is 0.343. The Kier molecular flexibility index (Phi) is 8.26. The molecule has 0 saturated carbocycles. The third kappa shape index (κ3) is 8.62. The van der Waals surface area contributed by atoms with Gasteiger partial charge in [0, 0.05) is 6.54 Å². The predicted molar refractivity (Wildman–Crippen MR) is 98.0 cm³/mol. The molecular weight excluding hydrogens is 409 g/mol. The standard InChI is InChI=1S/C15H24Cl3N3O5/c1-9(19-13(24)26-14(2,3)4)11(22)21-7-5-6-10(20-21)12(23)25-8-15(16,17)18/h9-10,20H,5-8H2,1-4H3,(H,19,24)/t9?,10-/m0/s1. The fourth-order valence-corrected chi connectivity index (χ4v) is 2.31. The van der Waals surface area contributed by atoms with Gasteiger partial charge in [-0.2, -0.15) is 0 Å². The number of ether oxygens (including phenoxy) is 2. The Hall–Kier alpha value is -0.960. The summed E-state index contributed by atoms with van der Waals surface area (Å²) in [5, 5.41) is 3.73. The number of nitrogens with zero attached hydrogens (tertiary/aromatic N) is 1. The summed E-state index contributed by atoms with van der Waals surface area (Å²) >= 11 is 16.6. The van der Waals surface area contributed by atoms with Gasteiger partial charge in [-0.05, 0) is 40.5 Å². The van der Waals surface area contributed by atoms with Gasteiger partial charge in [0.1, 0.15) is 24.3 Å². The summed E-state index contributed by atoms with van der Waals surface area (Å²) in [5.41, 5.74) is 2.11. The van der Waals surface area contributed by atoms with Gasteiger partial charge < -0.3 is 14.8 Å². The fourth-order valence-electron chi connectivity index (χ4n) is 2.15. The number of alkyl halides is 3. The van der Waals surface area contributed by atoms with Crippen LogP contribution >= 0.6 is 34.8 Å². The smallest absolute Gasteiger partial charge is 0.408 e. The lowest BCUT2D eigenvalue weighted by atomic mass is 10.1. The summed E-state index contributed by atoms with van der Waals surface area (Å²) in [7, 11) is 0. The maximum absolute atomic E-state index is 12.5. The van der Waals surface area contributed by atoms with E-state index in [1.165, 1.54) is 11.9 Å². The molecule has 150 valence electrons. The number of amides is 2. The first kappa shape index (κ1) is 23.1. The summed E-state index contributed by atoms with van der Waals surface area (Å²) in [6.45, 7) is 6.68. The Morgan fingerprint density at radius 2 is 1.88 bits per heavy atom. The van der Waals surface area contributed by atoms with Crippen molar-refractivity contribution in [1.82, 2.24) is 15.8 Å². The van der Waals surface area contributed by atoms with Crippen molar-refractivity contribution in [2.45, 2.75) is 62.0 Å². The molecule has 2 N–H and O–H groups in total. The predicted octanol–water partition coefficient (Wildman–Crippen LogP) is 2.31. The van der Waals surface area contributed by atoms with Gasteiger partial charge in [-0.3, -0.25) is 14.6 Å². The molecule has 26 heavy (non-hydrogen) atoms. The molecule has 0 spiro atoms. The summed E-state index contributed by atoms with van der Waals surface area (Å²) in [5.74, 6) is -1.03. The largest absolute Gasteiger partial charge is 0.460 e. The number of rotatable bonds is 4. The summed E-state index contributed by atoms with van der Waals surface area (Å²) in [4.78, 5) is 36.3. The Labute approximate surface area is 167 Å². The van der Waals surface area contributed by atoms with Gasteiger partial charge in [0.2, 0.25) is 3.79 Å². The molecule has 1 saturated heterocycles. The lowest BCUT2D eigenvalue weighted by molar-refractivity contribution is -0.152. The quantitative estimate of drug-likeness (QED) is 0.523. The molecular formula is C15H24Cl3N3O5. The van der Waals surface area contributed by atoms with Gasteiger partial charge in [0.25, 0.3) is 5.91 Å². The Morgan fingerprint density at radius 3 is 2.42 bits per heavy atom. The average Bonchev–Trinajstić information content (AvgIpc) is 2.49. The first-order chi connectivity index (χ1) is 11.8. The third-order valence-electron chi connectivity index (χ3n) is 3.22. The van der Waals surface area contributed by atoms with Crippen LogP contribution in [0.15, 0.2) is 0 Å². The van der Waals surface area contributed by atoms with E-state index in [2.05, 4.69) is 10.7 Å². The van der Waals surface area contributed by atoms with Crippen LogP contribution in [-0.2, 0) is 19.1 Å². The second-order valence-electron chi connectivity index (χ2n) is 6.90. The van der Waals surface area contributed by atoms with Crippen LogP contribution < -0.4 is 10.7 Å². The van der Waals surface area contributed by atoms with Crippen LogP contribution in [0.25, 0.3) is 0 Å². The maximum atomic E-state index is 12.5. The molecule has 0 radical (unpaired) electrons. The number of hydrogen-bond donors (Lipinski definition) is 2. The minimum absolute atomic E-state index is 0.382. The molecule has 0 aromatic carbocycles. The van der Waals surface area contributed by atoms with E-state index >= 15 is 0 Å². The highest BCUT2D eigenvalue weighted by molar-refractivity contribution is 6.67. The van der Waals surface area contributed by atoms with Gasteiger partial charge in [-0.1, -0.05) is 34.8 Å². The molecule has 1 aliphatic heterocycles. The lowest BCUT2D eigenvalue weighted by Gasteiger charge is -2.34. The van der Waals surface area contributed by atoms with Crippen LogP contribution in [0.2, 0.25) is 0 Å². The van der Waals surface area contributed by atoms with Crippen LogP contribution in [0.1, 0.15) is 40.5 Å². The molecule has 1 unspecified atom stereocenters. The van der Waals surface area contributed by atoms with Crippen LogP contribution in [0, 0.1) is 0 Å². The van der Waals surface area contributed by atoms with Crippen molar-refractivity contribution in [2.75, 3.05) is 13.2 Å². The summed E-state index contributed by atoms with van der Waals surface area (Å²) in [6, 6.07) is -1.58. The van der Waals surface area contributed by atoms with Crippen LogP contribution in [0.5, 0.6) is 0 Å². The number of hydrogen-bond acceptors (Lipinski definition) is 6. The number of alkyl carbamates (subject to hydrolysis) is 1. The first-order valence-corrected chi connectivity index (χ1v) is 9.22. The highest BCUT2D eigenvalue weighted by Gasteiger charge is 2.33. The number of carbonyl (C=O) groups excluding carboxylic acids is 3. The Morgan fingerprint density at radius 1 is 1.27 bits per heavy atom. The van der Waals surface area contributed by atoms with E-state index in [4.69, 9.17) is 44.3 Å². The number of hydrazine groups is 1. The van der Waals surface area contributed by atoms with Crippen LogP contribution in [0.4, 0.5) is 4.79 Å². The van der Waals surface area contributed by atoms with Gasteiger partial charge in [0.05, 0.1) is 0 Å². The van der Waals surface area contributed by atoms with E-state index in [9.17, 15) is 14.4 Å². The minimum atomic E-state index is -1.70. The number of halogens is 3. The topological polar surface area (TPSA) is 97.0 Å². The molecule has 0 aliphatic carbocycles. The molecule has 1 aliphatic rings. The molecule has 8 nitrogen and oxygen atoms in total. The van der Waals surface area contributed by atoms with Crippen molar-refractivity contribution in [2.24, 2.45) is 0 Å². The Bertz CT molecular complexity index is 534. The summed E-state index contributed by atoms with van der Waals surface area (Å²) < 4.78 is 8.34. The van der Waals surface area contributed by atoms with E-state index in [1.54, 1.807) is 20.8 Å². The number of carbonyl (C=O) groups is 3. The zero-order chi connectivity index (χ0) is 20.1. The molecule has 0 aromatic heterocycles. The average molecular weight is 433 g/mol. The van der Waals surface area contributed by atoms with Crippen molar-refractivity contribution in [1.29, 1.82) is 0 Å². The zero-order valence-corrected chi connectivity index (χ0v) is 17.4. The number of esters is 1. The molecule has 11 heteroatoms. The van der Waals surface area contributed by atoms with E-state index in [0.29, 0.717) is 19.4 Å². The van der Waals surface area contributed by atoms with Crippen LogP contribution in [0.3, 0.4) is 0 Å². The van der Waals surface area contributed by atoms with Gasteiger partial charge in [-0.15, -0.1) is 0 Å². The van der Waals surface area contributed by atoms with Gasteiger partial charge >= 0.3 is 12.1 Å². The van der Waals surface area contributed by atoms with E-state index in [1.807, 2.05) is 0 Å². The highest BCUT2D eigenvalue weighted by Crippen LogP contribution is 2.26. The monoisotopic (exact) mass is 431 g/mol. The molecule has 2 amide bonds. The normalized spacial score (nSPS) is 19.5. The second kappa shape index (κ2) is 9.30. The van der Waals surface area contributed by atoms with E-state index in [0.717, 1.165) is 0 Å². The van der Waals surface area contributed by atoms with Crippen molar-refractivity contribution < 1.29 is 23.9 Å². The van der Waals surface area contributed by atoms with Crippen molar-refractivity contribution in [3.8, 4) is 0 Å². The molecule has 0 bridgehead atoms. The zero-order valence-electron chi connectivity index (χ0n) is 15.1. The molecule has 1 rings (SSSR count). The minimum Gasteiger partial charge on any atom is -0.460 e. The van der Waals surface area contributed by atoms with Crippen LogP contribution in [-0.4, -0.2) is 57.6 Å². The second-order valence-corrected chi connectivity index (χ2v) is 9.42. The highest BCUT2D eigenvalue weighted by atomic mass is 35.6. The maximum Gasteiger partial charge on any atom is 0.408 e. The molecule has 1 fully saturated rings. The lowest BCUT2D eigenvalue weighted by Crippen LogP contribution is -2.59. The molecule has 1 heterocycles. The third-order valence-corrected chi connectivity index (χ3v) is 3.55.